The normalized spacial score (nSPS) is 15.3. The van der Waals surface area contributed by atoms with Gasteiger partial charge in [0.25, 0.3) is 0 Å². The number of fused-ring (bicyclic) bond motifs is 2. The topological polar surface area (TPSA) is 60.7 Å². The minimum atomic E-state index is -0.522. The zero-order chi connectivity index (χ0) is 18.4. The van der Waals surface area contributed by atoms with E-state index < -0.39 is 5.41 Å². The van der Waals surface area contributed by atoms with Crippen LogP contribution in [0.5, 0.6) is 0 Å². The number of carbonyl (C=O) groups is 1. The highest BCUT2D eigenvalue weighted by molar-refractivity contribution is 5.97. The summed E-state index contributed by atoms with van der Waals surface area (Å²) < 4.78 is 13.7. The highest BCUT2D eigenvalue weighted by Crippen LogP contribution is 2.50. The third-order valence-electron chi connectivity index (χ3n) is 5.70. The Labute approximate surface area is 155 Å². The van der Waals surface area contributed by atoms with E-state index in [2.05, 4.69) is 21.4 Å². The van der Waals surface area contributed by atoms with Gasteiger partial charge < -0.3 is 15.3 Å². The van der Waals surface area contributed by atoms with E-state index in [1.54, 1.807) is 6.07 Å². The fraction of sp³-hybridized carbons (Fsp3) is 0.227. The number of rotatable bonds is 5. The summed E-state index contributed by atoms with van der Waals surface area (Å²) in [5, 5.41) is 5.09. The van der Waals surface area contributed by atoms with E-state index in [4.69, 9.17) is 0 Å². The molecule has 4 nitrogen and oxygen atoms in total. The van der Waals surface area contributed by atoms with E-state index in [0.29, 0.717) is 6.54 Å². The Balaban J connectivity index is 1.32. The van der Waals surface area contributed by atoms with Gasteiger partial charge in [0.2, 0.25) is 5.91 Å². The Morgan fingerprint density at radius 2 is 1.81 bits per heavy atom. The molecule has 0 radical (unpaired) electrons. The molecule has 0 spiro atoms. The fourth-order valence-electron chi connectivity index (χ4n) is 4.05. The summed E-state index contributed by atoms with van der Waals surface area (Å²) in [7, 11) is 0. The second kappa shape index (κ2) is 5.98. The molecule has 1 amide bonds. The molecule has 4 aromatic rings. The average molecular weight is 361 g/mol. The van der Waals surface area contributed by atoms with Crippen molar-refractivity contribution >= 4 is 27.7 Å². The van der Waals surface area contributed by atoms with Gasteiger partial charge >= 0.3 is 0 Å². The Bertz CT molecular complexity index is 1150. The highest BCUT2D eigenvalue weighted by atomic mass is 19.1. The Morgan fingerprint density at radius 1 is 1.04 bits per heavy atom. The van der Waals surface area contributed by atoms with Gasteiger partial charge in [-0.15, -0.1) is 0 Å². The first kappa shape index (κ1) is 16.1. The van der Waals surface area contributed by atoms with Crippen LogP contribution in [0.4, 0.5) is 4.39 Å². The number of para-hydroxylation sites is 1. The lowest BCUT2D eigenvalue weighted by atomic mass is 9.94. The molecule has 0 unspecified atom stereocenters. The van der Waals surface area contributed by atoms with Crippen LogP contribution in [0.2, 0.25) is 0 Å². The van der Waals surface area contributed by atoms with Crippen molar-refractivity contribution in [1.29, 1.82) is 0 Å². The minimum Gasteiger partial charge on any atom is -0.361 e. The van der Waals surface area contributed by atoms with Gasteiger partial charge in [0.15, 0.2) is 0 Å². The maximum Gasteiger partial charge on any atom is 0.230 e. The number of H-pyrrole nitrogens is 2. The molecule has 0 aliphatic heterocycles. The van der Waals surface area contributed by atoms with E-state index in [-0.39, 0.29) is 11.7 Å². The number of carbonyl (C=O) groups excluding carboxylic acids is 1. The average Bonchev–Trinajstić information content (AvgIpc) is 3.22. The minimum absolute atomic E-state index is 0.0347. The second-order valence-corrected chi connectivity index (χ2v) is 7.34. The van der Waals surface area contributed by atoms with Crippen LogP contribution in [0.1, 0.15) is 24.0 Å². The van der Waals surface area contributed by atoms with Crippen LogP contribution in [0.3, 0.4) is 0 Å². The molecular weight excluding hydrogens is 341 g/mol. The molecule has 1 saturated carbocycles. The summed E-state index contributed by atoms with van der Waals surface area (Å²) in [4.78, 5) is 19.3. The number of nitrogens with one attached hydrogen (secondary N) is 3. The Hall–Kier alpha value is -3.08. The molecule has 5 rings (SSSR count). The number of benzene rings is 2. The van der Waals surface area contributed by atoms with Crippen LogP contribution in [0, 0.1) is 5.82 Å². The molecular formula is C22H20FN3O. The molecule has 3 N–H and O–H groups in total. The molecule has 136 valence electrons. The molecule has 5 heteroatoms. The molecule has 27 heavy (non-hydrogen) atoms. The summed E-state index contributed by atoms with van der Waals surface area (Å²) in [5.74, 6) is -0.244. The van der Waals surface area contributed by atoms with Crippen molar-refractivity contribution in [2.75, 3.05) is 6.54 Å². The summed E-state index contributed by atoms with van der Waals surface area (Å²) in [6.07, 6.45) is 6.24. The van der Waals surface area contributed by atoms with Crippen LogP contribution in [0.25, 0.3) is 21.8 Å². The number of hydrogen-bond acceptors (Lipinski definition) is 1. The van der Waals surface area contributed by atoms with E-state index in [0.717, 1.165) is 41.2 Å². The Morgan fingerprint density at radius 3 is 2.67 bits per heavy atom. The molecule has 1 aliphatic rings. The van der Waals surface area contributed by atoms with E-state index in [1.165, 1.54) is 23.1 Å². The number of aromatic amines is 2. The Kier molecular flexibility index (Phi) is 3.57. The van der Waals surface area contributed by atoms with Gasteiger partial charge in [-0.3, -0.25) is 4.79 Å². The lowest BCUT2D eigenvalue weighted by Gasteiger charge is -2.15. The van der Waals surface area contributed by atoms with Crippen LogP contribution in [0.15, 0.2) is 54.9 Å². The fourth-order valence-corrected chi connectivity index (χ4v) is 4.05. The van der Waals surface area contributed by atoms with E-state index in [9.17, 15) is 9.18 Å². The first-order valence-corrected chi connectivity index (χ1v) is 9.28. The molecule has 1 fully saturated rings. The molecule has 0 bridgehead atoms. The number of amides is 1. The van der Waals surface area contributed by atoms with E-state index >= 15 is 0 Å². The number of halogens is 1. The lowest BCUT2D eigenvalue weighted by Crippen LogP contribution is -2.35. The van der Waals surface area contributed by atoms with Gasteiger partial charge in [-0.2, -0.15) is 0 Å². The predicted molar refractivity (Wildman–Crippen MR) is 104 cm³/mol. The zero-order valence-corrected chi connectivity index (χ0v) is 14.8. The molecule has 0 atom stereocenters. The van der Waals surface area contributed by atoms with Crippen molar-refractivity contribution in [2.24, 2.45) is 0 Å². The van der Waals surface area contributed by atoms with Gasteiger partial charge in [-0.1, -0.05) is 18.2 Å². The largest absolute Gasteiger partial charge is 0.361 e. The summed E-state index contributed by atoms with van der Waals surface area (Å²) in [6, 6.07) is 12.8. The van der Waals surface area contributed by atoms with Crippen molar-refractivity contribution in [1.82, 2.24) is 15.3 Å². The molecule has 1 aliphatic carbocycles. The first-order valence-electron chi connectivity index (χ1n) is 9.28. The van der Waals surface area contributed by atoms with Gasteiger partial charge in [0.05, 0.1) is 5.41 Å². The maximum atomic E-state index is 13.7. The summed E-state index contributed by atoms with van der Waals surface area (Å²) in [6.45, 7) is 0.582. The second-order valence-electron chi connectivity index (χ2n) is 7.34. The van der Waals surface area contributed by atoms with Crippen LogP contribution in [-0.4, -0.2) is 22.4 Å². The SMILES string of the molecule is O=C(NCCc1c[nH]c2ccccc12)C1(c2c[nH]c3ccc(F)cc23)CC1. The molecule has 0 saturated heterocycles. The van der Waals surface area contributed by atoms with Gasteiger partial charge in [0, 0.05) is 40.7 Å². The molecule has 2 aromatic heterocycles. The van der Waals surface area contributed by atoms with Crippen LogP contribution in [-0.2, 0) is 16.6 Å². The van der Waals surface area contributed by atoms with Gasteiger partial charge in [-0.05, 0) is 54.7 Å². The van der Waals surface area contributed by atoms with Crippen molar-refractivity contribution in [3.05, 3.63) is 71.8 Å². The van der Waals surface area contributed by atoms with E-state index in [1.807, 2.05) is 30.6 Å². The lowest BCUT2D eigenvalue weighted by molar-refractivity contribution is -0.123. The standard InChI is InChI=1S/C22H20FN3O/c23-15-5-6-20-17(11-15)18(13-26-20)22(8-9-22)21(27)24-10-7-14-12-25-19-4-2-1-3-16(14)19/h1-6,11-13,25-26H,7-10H2,(H,24,27). The maximum absolute atomic E-state index is 13.7. The van der Waals surface area contributed by atoms with Crippen LogP contribution < -0.4 is 5.32 Å². The van der Waals surface area contributed by atoms with Crippen molar-refractivity contribution < 1.29 is 9.18 Å². The summed E-state index contributed by atoms with van der Waals surface area (Å²) in [5.41, 5.74) is 3.56. The zero-order valence-electron chi connectivity index (χ0n) is 14.8. The smallest absolute Gasteiger partial charge is 0.230 e. The van der Waals surface area contributed by atoms with Crippen molar-refractivity contribution in [3.63, 3.8) is 0 Å². The van der Waals surface area contributed by atoms with Crippen molar-refractivity contribution in [3.8, 4) is 0 Å². The third-order valence-corrected chi connectivity index (χ3v) is 5.70. The van der Waals surface area contributed by atoms with Gasteiger partial charge in [0.1, 0.15) is 5.82 Å². The number of hydrogen-bond donors (Lipinski definition) is 3. The van der Waals surface area contributed by atoms with Crippen molar-refractivity contribution in [2.45, 2.75) is 24.7 Å². The summed E-state index contributed by atoms with van der Waals surface area (Å²) >= 11 is 0. The highest BCUT2D eigenvalue weighted by Gasteiger charge is 2.52. The predicted octanol–water partition coefficient (Wildman–Crippen LogP) is 4.18. The third kappa shape index (κ3) is 2.62. The quantitative estimate of drug-likeness (QED) is 0.491. The van der Waals surface area contributed by atoms with Gasteiger partial charge in [-0.25, -0.2) is 4.39 Å². The first-order chi connectivity index (χ1) is 13.2. The monoisotopic (exact) mass is 361 g/mol. The number of aromatic nitrogens is 2. The molecule has 2 aromatic carbocycles. The van der Waals surface area contributed by atoms with Crippen LogP contribution >= 0.6 is 0 Å². The molecule has 2 heterocycles.